The van der Waals surface area contributed by atoms with Crippen LogP contribution in [0.2, 0.25) is 0 Å². The Balaban J connectivity index is 0.00000420. The molecule has 0 amide bonds. The molecule has 1 fully saturated rings. The lowest BCUT2D eigenvalue weighted by Gasteiger charge is -2.33. The van der Waals surface area contributed by atoms with Gasteiger partial charge in [0.1, 0.15) is 5.69 Å². The minimum atomic E-state index is -3.50. The highest BCUT2D eigenvalue weighted by Gasteiger charge is 2.20. The first-order valence-electron chi connectivity index (χ1n) is 9.48. The number of aliphatic imine (C=N–C) groups is 1. The Bertz CT molecular complexity index is 832. The zero-order chi connectivity index (χ0) is 20.7. The molecule has 1 aromatic carbocycles. The number of piperidine rings is 1. The van der Waals surface area contributed by atoms with E-state index in [1.807, 2.05) is 6.92 Å². The fourth-order valence-electron chi connectivity index (χ4n) is 3.20. The molecule has 9 nitrogen and oxygen atoms in total. The van der Waals surface area contributed by atoms with Crippen molar-refractivity contribution >= 4 is 51.1 Å². The van der Waals surface area contributed by atoms with Gasteiger partial charge in [-0.3, -0.25) is 15.1 Å². The third-order valence-corrected chi connectivity index (χ3v) is 5.68. The van der Waals surface area contributed by atoms with E-state index < -0.39 is 14.8 Å². The minimum Gasteiger partial charge on any atom is -0.378 e. The van der Waals surface area contributed by atoms with Crippen LogP contribution in [0.25, 0.3) is 0 Å². The molecule has 0 spiro atoms. The lowest BCUT2D eigenvalue weighted by atomic mass is 10.0. The molecular formula is C18H30IN5O4S. The van der Waals surface area contributed by atoms with Gasteiger partial charge in [0, 0.05) is 38.5 Å². The van der Waals surface area contributed by atoms with E-state index in [0.717, 1.165) is 44.3 Å². The van der Waals surface area contributed by atoms with Crippen LogP contribution in [0.1, 0.15) is 26.7 Å². The number of nitrogens with zero attached hydrogens (tertiary/aromatic N) is 3. The highest BCUT2D eigenvalue weighted by Crippen LogP contribution is 2.27. The number of nitro groups is 1. The number of benzene rings is 1. The van der Waals surface area contributed by atoms with Gasteiger partial charge in [0.15, 0.2) is 15.8 Å². The van der Waals surface area contributed by atoms with Gasteiger partial charge in [0.05, 0.1) is 16.4 Å². The summed E-state index contributed by atoms with van der Waals surface area (Å²) in [5.41, 5.74) is 0.0212. The average molecular weight is 539 g/mol. The van der Waals surface area contributed by atoms with Crippen LogP contribution >= 0.6 is 24.0 Å². The van der Waals surface area contributed by atoms with Crippen LogP contribution in [0.4, 0.5) is 11.4 Å². The van der Waals surface area contributed by atoms with Gasteiger partial charge in [-0.2, -0.15) is 0 Å². The number of hydrogen-bond donors (Lipinski definition) is 2. The summed E-state index contributed by atoms with van der Waals surface area (Å²) < 4.78 is 23.2. The number of nitro benzene ring substituents is 1. The Kier molecular flexibility index (Phi) is 10.1. The Hall–Kier alpha value is -1.63. The molecule has 2 rings (SSSR count). The monoisotopic (exact) mass is 539 g/mol. The quantitative estimate of drug-likeness (QED) is 0.137. The molecule has 1 heterocycles. The van der Waals surface area contributed by atoms with Crippen LogP contribution < -0.4 is 10.6 Å². The Labute approximate surface area is 189 Å². The Morgan fingerprint density at radius 3 is 2.72 bits per heavy atom. The maximum atomic E-state index is 11.6. The van der Waals surface area contributed by atoms with Crippen LogP contribution in [-0.2, 0) is 9.84 Å². The molecule has 2 N–H and O–H groups in total. The molecule has 29 heavy (non-hydrogen) atoms. The maximum Gasteiger partial charge on any atom is 0.293 e. The molecule has 1 atom stereocenters. The van der Waals surface area contributed by atoms with E-state index in [2.05, 4.69) is 27.4 Å². The smallest absolute Gasteiger partial charge is 0.293 e. The third kappa shape index (κ3) is 7.61. The van der Waals surface area contributed by atoms with Crippen LogP contribution in [0, 0.1) is 16.0 Å². The number of likely N-dealkylation sites (tertiary alicyclic amines) is 1. The van der Waals surface area contributed by atoms with Crippen molar-refractivity contribution in [3.8, 4) is 0 Å². The van der Waals surface area contributed by atoms with Crippen LogP contribution in [0.5, 0.6) is 0 Å². The van der Waals surface area contributed by atoms with Crippen molar-refractivity contribution in [1.82, 2.24) is 10.2 Å². The van der Waals surface area contributed by atoms with Crippen molar-refractivity contribution in [2.75, 3.05) is 44.3 Å². The van der Waals surface area contributed by atoms with Gasteiger partial charge in [0.25, 0.3) is 5.69 Å². The summed E-state index contributed by atoms with van der Waals surface area (Å²) in [6.45, 7) is 7.81. The van der Waals surface area contributed by atoms with E-state index in [4.69, 9.17) is 0 Å². The van der Waals surface area contributed by atoms with Crippen LogP contribution in [-0.4, -0.2) is 63.2 Å². The summed E-state index contributed by atoms with van der Waals surface area (Å²) in [4.78, 5) is 17.5. The van der Waals surface area contributed by atoms with Gasteiger partial charge in [0.2, 0.25) is 0 Å². The summed E-state index contributed by atoms with van der Waals surface area (Å²) in [5.74, 6) is 1.49. The topological polar surface area (TPSA) is 117 Å². The second kappa shape index (κ2) is 11.5. The number of guanidine groups is 1. The van der Waals surface area contributed by atoms with Crippen molar-refractivity contribution in [2.45, 2.75) is 31.6 Å². The molecule has 0 radical (unpaired) electrons. The second-order valence-electron chi connectivity index (χ2n) is 7.06. The molecule has 11 heteroatoms. The fraction of sp³-hybridized carbons (Fsp3) is 0.611. The predicted octanol–water partition coefficient (Wildman–Crippen LogP) is 2.73. The van der Waals surface area contributed by atoms with E-state index >= 15 is 0 Å². The molecule has 0 aliphatic carbocycles. The molecule has 1 aromatic rings. The van der Waals surface area contributed by atoms with Gasteiger partial charge in [-0.15, -0.1) is 24.0 Å². The van der Waals surface area contributed by atoms with Gasteiger partial charge in [-0.25, -0.2) is 8.42 Å². The van der Waals surface area contributed by atoms with Gasteiger partial charge in [-0.05, 0) is 37.8 Å². The van der Waals surface area contributed by atoms with E-state index in [1.54, 1.807) is 0 Å². The zero-order valence-corrected chi connectivity index (χ0v) is 20.2. The number of hydrogen-bond acceptors (Lipinski definition) is 6. The van der Waals surface area contributed by atoms with Crippen LogP contribution in [0.3, 0.4) is 0 Å². The van der Waals surface area contributed by atoms with Crippen molar-refractivity contribution < 1.29 is 13.3 Å². The summed E-state index contributed by atoms with van der Waals surface area (Å²) in [5, 5.41) is 17.6. The standard InChI is InChI=1S/C18H29N5O4S.HI/c1-4-19-18(22-11-5-6-14(2)13-22)21-10-9-20-16-8-7-15(28(3,26)27)12-17(16)23(24)25;/h7-8,12,14,20H,4-6,9-11,13H2,1-3H3,(H,19,21);1H. The molecule has 1 aliphatic rings. The number of nitrogens with one attached hydrogen (secondary N) is 2. The molecule has 0 aromatic heterocycles. The van der Waals surface area contributed by atoms with Gasteiger partial charge < -0.3 is 15.5 Å². The van der Waals surface area contributed by atoms with Crippen molar-refractivity contribution in [2.24, 2.45) is 10.9 Å². The number of sulfone groups is 1. The molecule has 164 valence electrons. The highest BCUT2D eigenvalue weighted by molar-refractivity contribution is 14.0. The predicted molar refractivity (Wildman–Crippen MR) is 126 cm³/mol. The molecule has 0 saturated carbocycles. The molecule has 0 bridgehead atoms. The van der Waals surface area contributed by atoms with Crippen LogP contribution in [0.15, 0.2) is 28.1 Å². The summed E-state index contributed by atoms with van der Waals surface area (Å²) in [6.07, 6.45) is 3.39. The summed E-state index contributed by atoms with van der Waals surface area (Å²) in [6, 6.07) is 3.88. The first kappa shape index (κ1) is 25.4. The highest BCUT2D eigenvalue weighted by atomic mass is 127. The van der Waals surface area contributed by atoms with E-state index in [9.17, 15) is 18.5 Å². The zero-order valence-electron chi connectivity index (χ0n) is 17.1. The first-order valence-corrected chi connectivity index (χ1v) is 11.4. The largest absolute Gasteiger partial charge is 0.378 e. The number of rotatable bonds is 7. The lowest BCUT2D eigenvalue weighted by Crippen LogP contribution is -2.46. The fourth-order valence-corrected chi connectivity index (χ4v) is 3.84. The van der Waals surface area contributed by atoms with Crippen molar-refractivity contribution in [3.05, 3.63) is 28.3 Å². The summed E-state index contributed by atoms with van der Waals surface area (Å²) in [7, 11) is -3.50. The third-order valence-electron chi connectivity index (χ3n) is 4.57. The van der Waals surface area contributed by atoms with E-state index in [0.29, 0.717) is 19.0 Å². The molecular weight excluding hydrogens is 509 g/mol. The average Bonchev–Trinajstić information content (AvgIpc) is 2.63. The Morgan fingerprint density at radius 1 is 1.41 bits per heavy atom. The lowest BCUT2D eigenvalue weighted by molar-refractivity contribution is -0.384. The number of anilines is 1. The van der Waals surface area contributed by atoms with E-state index in [-0.39, 0.29) is 40.2 Å². The molecule has 1 aliphatic heterocycles. The van der Waals surface area contributed by atoms with Crippen molar-refractivity contribution in [1.29, 1.82) is 0 Å². The maximum absolute atomic E-state index is 11.6. The van der Waals surface area contributed by atoms with Crippen molar-refractivity contribution in [3.63, 3.8) is 0 Å². The van der Waals surface area contributed by atoms with Gasteiger partial charge >= 0.3 is 0 Å². The first-order chi connectivity index (χ1) is 13.2. The normalized spacial score (nSPS) is 17.4. The SMILES string of the molecule is CCNC(=NCCNc1ccc(S(C)(=O)=O)cc1[N+](=O)[O-])N1CCCC(C)C1.I. The minimum absolute atomic E-state index is 0. The number of halogens is 1. The summed E-state index contributed by atoms with van der Waals surface area (Å²) >= 11 is 0. The van der Waals surface area contributed by atoms with E-state index in [1.165, 1.54) is 18.6 Å². The molecule has 1 saturated heterocycles. The Morgan fingerprint density at radius 2 is 2.14 bits per heavy atom. The second-order valence-corrected chi connectivity index (χ2v) is 9.08. The molecule has 1 unspecified atom stereocenters. The van der Waals surface area contributed by atoms with Gasteiger partial charge in [-0.1, -0.05) is 6.92 Å².